The Hall–Kier alpha value is -1.58. The number of nitrogens with zero attached hydrogens (tertiary/aromatic N) is 2. The Morgan fingerprint density at radius 1 is 0.897 bits per heavy atom. The minimum absolute atomic E-state index is 0.0307. The molecule has 58 heavy (non-hydrogen) atoms. The minimum atomic E-state index is -1.97. The van der Waals surface area contributed by atoms with Crippen LogP contribution in [0.15, 0.2) is 5.16 Å². The fourth-order valence-corrected chi connectivity index (χ4v) is 8.93. The second kappa shape index (κ2) is 21.5. The third-order valence-electron chi connectivity index (χ3n) is 12.6. The number of esters is 1. The van der Waals surface area contributed by atoms with Gasteiger partial charge in [0.1, 0.15) is 23.9 Å². The van der Waals surface area contributed by atoms with Gasteiger partial charge in [-0.3, -0.25) is 4.79 Å². The predicted molar refractivity (Wildman–Crippen MR) is 212 cm³/mol. The summed E-state index contributed by atoms with van der Waals surface area (Å²) in [6.07, 6.45) is -9.49. The van der Waals surface area contributed by atoms with Crippen LogP contribution in [-0.4, -0.2) is 175 Å². The van der Waals surface area contributed by atoms with E-state index >= 15 is 0 Å². The van der Waals surface area contributed by atoms with Crippen molar-refractivity contribution < 1.29 is 73.1 Å². The van der Waals surface area contributed by atoms with Crippen LogP contribution in [-0.2, 0) is 47.5 Å². The van der Waals surface area contributed by atoms with E-state index in [4.69, 9.17) is 42.7 Å². The lowest BCUT2D eigenvalue weighted by atomic mass is 9.73. The first kappa shape index (κ1) is 50.8. The number of hydrogen-bond donors (Lipinski definition) is 5. The molecule has 0 aromatic rings. The Bertz CT molecular complexity index is 1300. The molecule has 3 fully saturated rings. The zero-order valence-corrected chi connectivity index (χ0v) is 37.3. The summed E-state index contributed by atoms with van der Waals surface area (Å²) in [5.74, 6) is -4.14. The molecule has 0 bridgehead atoms. The maximum Gasteiger partial charge on any atom is 0.311 e. The van der Waals surface area contributed by atoms with E-state index in [9.17, 15) is 30.3 Å². The molecule has 340 valence electrons. The quantitative estimate of drug-likeness (QED) is 0.0778. The first-order chi connectivity index (χ1) is 27.0. The average molecular weight is 837 g/mol. The van der Waals surface area contributed by atoms with Gasteiger partial charge in [-0.25, -0.2) is 0 Å². The second-order valence-electron chi connectivity index (χ2n) is 17.7. The molecule has 5 N–H and O–H groups in total. The number of likely N-dealkylation sites (N-methyl/N-ethyl adjacent to an activating group) is 1. The van der Waals surface area contributed by atoms with Crippen LogP contribution in [0.4, 0.5) is 0 Å². The Morgan fingerprint density at radius 2 is 1.55 bits per heavy atom. The van der Waals surface area contributed by atoms with Crippen molar-refractivity contribution in [3.05, 3.63) is 0 Å². The molecule has 9 unspecified atom stereocenters. The lowest BCUT2D eigenvalue weighted by molar-refractivity contribution is -0.317. The monoisotopic (exact) mass is 837 g/mol. The lowest BCUT2D eigenvalue weighted by Crippen LogP contribution is -2.61. The molecule has 0 spiro atoms. The molecule has 3 saturated heterocycles. The van der Waals surface area contributed by atoms with Crippen LogP contribution in [0.1, 0.15) is 94.9 Å². The third kappa shape index (κ3) is 12.1. The average Bonchev–Trinajstić information content (AvgIpc) is 3.15. The summed E-state index contributed by atoms with van der Waals surface area (Å²) in [5, 5.41) is 63.6. The summed E-state index contributed by atoms with van der Waals surface area (Å²) >= 11 is 0. The van der Waals surface area contributed by atoms with E-state index in [2.05, 4.69) is 5.16 Å². The van der Waals surface area contributed by atoms with Gasteiger partial charge in [0, 0.05) is 44.4 Å². The molecule has 3 heterocycles. The largest absolute Gasteiger partial charge is 0.459 e. The minimum Gasteiger partial charge on any atom is -0.459 e. The molecular formula is C41H76N2O15. The fraction of sp³-hybridized carbons (Fsp3) is 0.951. The van der Waals surface area contributed by atoms with Crippen molar-refractivity contribution in [1.82, 2.24) is 4.90 Å². The summed E-state index contributed by atoms with van der Waals surface area (Å²) in [6.45, 7) is 17.3. The van der Waals surface area contributed by atoms with E-state index in [-0.39, 0.29) is 44.8 Å². The van der Waals surface area contributed by atoms with Crippen molar-refractivity contribution in [2.75, 3.05) is 48.3 Å². The number of hydrogen-bond acceptors (Lipinski definition) is 17. The standard InChI is InChI=1S/C41H76N2O15/c1-15-29-41(10,49)34(45)24(4)31(42-53-21-52-17-16-50-13)22(2)19-39(8,48)36(58-38-32(44)28(43(11)12)18-23(3)54-38)25(5)33(26(6)37(47)56-29)57-30-20-40(9,51-14)35(46)27(7)55-30/h22-30,32-36,38,44-46,48-49H,15-21H2,1-14H3/t22?,23-,24?,25?,26?,27+,28+,29-,30+,32-,33?,34?,35+,36?,38+,39?,40-,41?/m1/s1. The van der Waals surface area contributed by atoms with E-state index in [1.165, 1.54) is 14.0 Å². The smallest absolute Gasteiger partial charge is 0.311 e. The Balaban J connectivity index is 2.22. The molecule has 17 heteroatoms. The number of ether oxygens (including phenoxy) is 8. The number of aliphatic hydroxyl groups is 5. The van der Waals surface area contributed by atoms with E-state index in [1.807, 2.05) is 32.8 Å². The van der Waals surface area contributed by atoms with E-state index in [1.54, 1.807) is 55.6 Å². The summed E-state index contributed by atoms with van der Waals surface area (Å²) < 4.78 is 48.1. The van der Waals surface area contributed by atoms with Gasteiger partial charge in [0.15, 0.2) is 12.6 Å². The molecule has 0 aromatic heterocycles. The zero-order chi connectivity index (χ0) is 43.9. The number of rotatable bonds is 13. The van der Waals surface area contributed by atoms with Gasteiger partial charge < -0.3 is 73.2 Å². The van der Waals surface area contributed by atoms with Gasteiger partial charge in [-0.15, -0.1) is 0 Å². The Labute approximate surface area is 345 Å². The summed E-state index contributed by atoms with van der Waals surface area (Å²) in [7, 11) is 6.76. The summed E-state index contributed by atoms with van der Waals surface area (Å²) in [6, 6.07) is -0.328. The van der Waals surface area contributed by atoms with Crippen molar-refractivity contribution >= 4 is 11.7 Å². The van der Waals surface area contributed by atoms with E-state index < -0.39 is 102 Å². The van der Waals surface area contributed by atoms with Gasteiger partial charge in [0.2, 0.25) is 6.79 Å². The Morgan fingerprint density at radius 3 is 2.14 bits per heavy atom. The summed E-state index contributed by atoms with van der Waals surface area (Å²) in [5.41, 5.74) is -4.49. The zero-order valence-electron chi connectivity index (χ0n) is 37.3. The van der Waals surface area contributed by atoms with Crippen LogP contribution >= 0.6 is 0 Å². The van der Waals surface area contributed by atoms with Crippen LogP contribution in [0.3, 0.4) is 0 Å². The molecule has 0 aromatic carbocycles. The maximum atomic E-state index is 14.3. The van der Waals surface area contributed by atoms with E-state index in [0.29, 0.717) is 18.7 Å². The van der Waals surface area contributed by atoms with Gasteiger partial charge in [0.05, 0.1) is 66.6 Å². The van der Waals surface area contributed by atoms with Gasteiger partial charge in [0.25, 0.3) is 0 Å². The van der Waals surface area contributed by atoms with Gasteiger partial charge in [-0.1, -0.05) is 32.9 Å². The van der Waals surface area contributed by atoms with Crippen LogP contribution in [0.2, 0.25) is 0 Å². The predicted octanol–water partition coefficient (Wildman–Crippen LogP) is 2.21. The first-order valence-electron chi connectivity index (χ1n) is 20.8. The number of carbonyl (C=O) groups is 1. The molecular weight excluding hydrogens is 760 g/mol. The maximum absolute atomic E-state index is 14.3. The lowest BCUT2D eigenvalue weighted by Gasteiger charge is -2.49. The van der Waals surface area contributed by atoms with Crippen LogP contribution in [0.25, 0.3) is 0 Å². The normalized spacial score (nSPS) is 45.8. The molecule has 17 nitrogen and oxygen atoms in total. The van der Waals surface area contributed by atoms with E-state index in [0.717, 1.165) is 0 Å². The first-order valence-corrected chi connectivity index (χ1v) is 20.8. The summed E-state index contributed by atoms with van der Waals surface area (Å²) in [4.78, 5) is 21.8. The highest BCUT2D eigenvalue weighted by molar-refractivity contribution is 5.88. The van der Waals surface area contributed by atoms with Crippen LogP contribution < -0.4 is 0 Å². The SMILES string of the molecule is CC[C@H]1OC(=O)C(C)C(O[C@H]2C[C@@](C)(OC)[C@@H](O)[C@H](C)O2)C(C)C(O[C@@H]2O[C@H](C)C[C@H](N(C)C)[C@H]2O)C(C)(O)CC(C)C(=NOCOCCOC)C(C)C(O)C1(C)O. The topological polar surface area (TPSA) is 217 Å². The van der Waals surface area contributed by atoms with Crippen LogP contribution in [0.5, 0.6) is 0 Å². The molecule has 0 saturated carbocycles. The number of carbonyl (C=O) groups excluding carboxylic acids is 1. The molecule has 0 radical (unpaired) electrons. The highest BCUT2D eigenvalue weighted by atomic mass is 16.7. The van der Waals surface area contributed by atoms with Crippen molar-refractivity contribution in [3.8, 4) is 0 Å². The van der Waals surface area contributed by atoms with Crippen molar-refractivity contribution in [2.45, 2.75) is 179 Å². The fourth-order valence-electron chi connectivity index (χ4n) is 8.93. The highest BCUT2D eigenvalue weighted by Gasteiger charge is 2.53. The van der Waals surface area contributed by atoms with Crippen LogP contribution in [0, 0.1) is 23.7 Å². The number of cyclic esters (lactones) is 1. The molecule has 3 aliphatic heterocycles. The third-order valence-corrected chi connectivity index (χ3v) is 12.6. The van der Waals surface area contributed by atoms with Crippen molar-refractivity contribution in [1.29, 1.82) is 0 Å². The molecule has 0 amide bonds. The number of aliphatic hydroxyl groups excluding tert-OH is 3. The van der Waals surface area contributed by atoms with Crippen molar-refractivity contribution in [3.63, 3.8) is 0 Å². The van der Waals surface area contributed by atoms with Crippen molar-refractivity contribution in [2.24, 2.45) is 28.8 Å². The molecule has 18 atom stereocenters. The van der Waals surface area contributed by atoms with Gasteiger partial charge in [-0.05, 0) is 74.9 Å². The number of methoxy groups -OCH3 is 2. The molecule has 0 aliphatic carbocycles. The molecule has 3 rings (SSSR count). The second-order valence-corrected chi connectivity index (χ2v) is 17.7. The van der Waals surface area contributed by atoms with Gasteiger partial charge in [-0.2, -0.15) is 0 Å². The van der Waals surface area contributed by atoms with Gasteiger partial charge >= 0.3 is 5.97 Å². The Kier molecular flexibility index (Phi) is 18.8. The highest BCUT2D eigenvalue weighted by Crippen LogP contribution is 2.41. The molecule has 3 aliphatic rings. The number of oxime groups is 1.